The van der Waals surface area contributed by atoms with Crippen molar-refractivity contribution in [3.05, 3.63) is 33.9 Å². The van der Waals surface area contributed by atoms with Crippen LogP contribution in [0, 0.1) is 17.0 Å². The van der Waals surface area contributed by atoms with Crippen molar-refractivity contribution in [1.82, 2.24) is 4.90 Å². The van der Waals surface area contributed by atoms with Crippen molar-refractivity contribution >= 4 is 17.3 Å². The van der Waals surface area contributed by atoms with Crippen molar-refractivity contribution in [3.63, 3.8) is 0 Å². The number of anilines is 1. The van der Waals surface area contributed by atoms with Gasteiger partial charge in [-0.25, -0.2) is 0 Å². The maximum atomic E-state index is 11.9. The summed E-state index contributed by atoms with van der Waals surface area (Å²) in [6.45, 7) is 2.49. The van der Waals surface area contributed by atoms with Gasteiger partial charge in [-0.2, -0.15) is 0 Å². The van der Waals surface area contributed by atoms with Crippen molar-refractivity contribution in [3.8, 4) is 0 Å². The van der Waals surface area contributed by atoms with Crippen LogP contribution in [0.25, 0.3) is 0 Å². The predicted molar refractivity (Wildman–Crippen MR) is 74.6 cm³/mol. The molecule has 3 rings (SSSR count). The molecule has 6 nitrogen and oxygen atoms in total. The number of hydrogen-bond donors (Lipinski definition) is 1. The van der Waals surface area contributed by atoms with Crippen molar-refractivity contribution in [2.24, 2.45) is 0 Å². The molecule has 1 aliphatic heterocycles. The van der Waals surface area contributed by atoms with Gasteiger partial charge >= 0.3 is 0 Å². The summed E-state index contributed by atoms with van der Waals surface area (Å²) < 4.78 is 0. The lowest BCUT2D eigenvalue weighted by Crippen LogP contribution is -2.30. The van der Waals surface area contributed by atoms with Crippen molar-refractivity contribution in [1.29, 1.82) is 0 Å². The zero-order chi connectivity index (χ0) is 14.3. The van der Waals surface area contributed by atoms with E-state index in [0.717, 1.165) is 18.4 Å². The third-order valence-electron chi connectivity index (χ3n) is 3.94. The maximum Gasteiger partial charge on any atom is 0.292 e. The number of nitrogens with zero attached hydrogens (tertiary/aromatic N) is 2. The number of para-hydroxylation sites is 1. The Morgan fingerprint density at radius 1 is 1.40 bits per heavy atom. The summed E-state index contributed by atoms with van der Waals surface area (Å²) in [5.41, 5.74) is 1.44. The molecule has 1 aromatic rings. The van der Waals surface area contributed by atoms with Crippen LogP contribution in [0.2, 0.25) is 0 Å². The van der Waals surface area contributed by atoms with E-state index in [0.29, 0.717) is 24.7 Å². The minimum Gasteiger partial charge on any atom is -0.374 e. The van der Waals surface area contributed by atoms with Crippen molar-refractivity contribution in [2.45, 2.75) is 38.3 Å². The van der Waals surface area contributed by atoms with Gasteiger partial charge in [-0.05, 0) is 25.3 Å². The first-order chi connectivity index (χ1) is 9.56. The van der Waals surface area contributed by atoms with Gasteiger partial charge in [-0.3, -0.25) is 14.9 Å². The van der Waals surface area contributed by atoms with Gasteiger partial charge < -0.3 is 10.2 Å². The van der Waals surface area contributed by atoms with Crippen LogP contribution in [-0.4, -0.2) is 34.4 Å². The van der Waals surface area contributed by atoms with Crippen LogP contribution in [0.3, 0.4) is 0 Å². The number of carbonyl (C=O) groups is 1. The zero-order valence-electron chi connectivity index (χ0n) is 11.3. The number of nitro groups is 1. The summed E-state index contributed by atoms with van der Waals surface area (Å²) in [4.78, 5) is 24.5. The summed E-state index contributed by atoms with van der Waals surface area (Å²) in [7, 11) is 0. The molecule has 0 spiro atoms. The summed E-state index contributed by atoms with van der Waals surface area (Å²) in [5.74, 6) is 0.154. The monoisotopic (exact) mass is 275 g/mol. The lowest BCUT2D eigenvalue weighted by atomic mass is 10.1. The fourth-order valence-corrected chi connectivity index (χ4v) is 2.76. The zero-order valence-corrected chi connectivity index (χ0v) is 11.3. The third kappa shape index (κ3) is 2.33. The van der Waals surface area contributed by atoms with Gasteiger partial charge in [-0.1, -0.05) is 12.1 Å². The Balaban J connectivity index is 1.78. The Labute approximate surface area is 116 Å². The average Bonchev–Trinajstić information content (AvgIpc) is 3.16. The maximum absolute atomic E-state index is 11.9. The number of nitro benzene ring substituents is 1. The first-order valence-electron chi connectivity index (χ1n) is 6.86. The number of carbonyl (C=O) groups excluding carboxylic acids is 1. The van der Waals surface area contributed by atoms with E-state index in [1.807, 2.05) is 17.9 Å². The molecule has 6 heteroatoms. The van der Waals surface area contributed by atoms with Gasteiger partial charge in [0.15, 0.2) is 0 Å². The summed E-state index contributed by atoms with van der Waals surface area (Å²) >= 11 is 0. The molecule has 20 heavy (non-hydrogen) atoms. The van der Waals surface area contributed by atoms with E-state index >= 15 is 0 Å². The number of aryl methyl sites for hydroxylation is 1. The van der Waals surface area contributed by atoms with Gasteiger partial charge in [0.1, 0.15) is 5.69 Å². The van der Waals surface area contributed by atoms with Gasteiger partial charge in [0, 0.05) is 25.1 Å². The molecule has 1 N–H and O–H groups in total. The molecule has 1 aromatic carbocycles. The van der Waals surface area contributed by atoms with E-state index in [-0.39, 0.29) is 22.6 Å². The molecule has 2 aliphatic rings. The molecular formula is C14H17N3O3. The largest absolute Gasteiger partial charge is 0.374 e. The summed E-state index contributed by atoms with van der Waals surface area (Å²) in [5, 5.41) is 14.3. The molecule has 0 bridgehead atoms. The van der Waals surface area contributed by atoms with Crippen LogP contribution in [0.1, 0.15) is 24.8 Å². The number of nitrogens with one attached hydrogen (secondary N) is 1. The molecule has 1 unspecified atom stereocenters. The Hall–Kier alpha value is -2.11. The van der Waals surface area contributed by atoms with E-state index in [1.165, 1.54) is 6.07 Å². The topological polar surface area (TPSA) is 75.5 Å². The Bertz CT molecular complexity index is 569. The molecule has 1 saturated heterocycles. The lowest BCUT2D eigenvalue weighted by molar-refractivity contribution is -0.384. The molecule has 1 atom stereocenters. The molecule has 0 radical (unpaired) electrons. The Morgan fingerprint density at radius 3 is 2.80 bits per heavy atom. The summed E-state index contributed by atoms with van der Waals surface area (Å²) in [6.07, 6.45) is 2.59. The SMILES string of the molecule is Cc1cccc([N+](=O)[O-])c1NC1CC(=O)N(C2CC2)C1. The standard InChI is InChI=1S/C14H17N3O3/c1-9-3-2-4-12(17(19)20)14(9)15-10-7-13(18)16(8-10)11-5-6-11/h2-4,10-11,15H,5-8H2,1H3. The van der Waals surface area contributed by atoms with E-state index in [9.17, 15) is 14.9 Å². The highest BCUT2D eigenvalue weighted by Gasteiger charge is 2.39. The number of hydrogen-bond acceptors (Lipinski definition) is 4. The number of amides is 1. The molecule has 106 valence electrons. The van der Waals surface area contributed by atoms with E-state index < -0.39 is 0 Å². The molecule has 1 aliphatic carbocycles. The van der Waals surface area contributed by atoms with E-state index in [2.05, 4.69) is 5.32 Å². The molecule has 1 heterocycles. The highest BCUT2D eigenvalue weighted by Crippen LogP contribution is 2.33. The summed E-state index contributed by atoms with van der Waals surface area (Å²) in [6, 6.07) is 5.37. The van der Waals surface area contributed by atoms with Crippen LogP contribution < -0.4 is 5.32 Å². The quantitative estimate of drug-likeness (QED) is 0.674. The third-order valence-corrected chi connectivity index (χ3v) is 3.94. The van der Waals surface area contributed by atoms with Gasteiger partial charge in [0.05, 0.1) is 11.0 Å². The average molecular weight is 275 g/mol. The van der Waals surface area contributed by atoms with Crippen molar-refractivity contribution in [2.75, 3.05) is 11.9 Å². The van der Waals surface area contributed by atoms with Crippen LogP contribution in [-0.2, 0) is 4.79 Å². The van der Waals surface area contributed by atoms with Crippen LogP contribution in [0.4, 0.5) is 11.4 Å². The lowest BCUT2D eigenvalue weighted by Gasteiger charge is -2.17. The second kappa shape index (κ2) is 4.77. The minimum atomic E-state index is -0.384. The van der Waals surface area contributed by atoms with E-state index in [1.54, 1.807) is 6.07 Å². The fourth-order valence-electron chi connectivity index (χ4n) is 2.76. The van der Waals surface area contributed by atoms with Gasteiger partial charge in [0.2, 0.25) is 5.91 Å². The number of benzene rings is 1. The second-order valence-electron chi connectivity index (χ2n) is 5.55. The van der Waals surface area contributed by atoms with Crippen molar-refractivity contribution < 1.29 is 9.72 Å². The number of likely N-dealkylation sites (tertiary alicyclic amines) is 1. The molecule has 2 fully saturated rings. The highest BCUT2D eigenvalue weighted by molar-refractivity contribution is 5.81. The van der Waals surface area contributed by atoms with Gasteiger partial charge in [-0.15, -0.1) is 0 Å². The normalized spacial score (nSPS) is 22.1. The van der Waals surface area contributed by atoms with Crippen LogP contribution in [0.5, 0.6) is 0 Å². The molecule has 0 aromatic heterocycles. The smallest absolute Gasteiger partial charge is 0.292 e. The van der Waals surface area contributed by atoms with Gasteiger partial charge in [0.25, 0.3) is 5.69 Å². The minimum absolute atomic E-state index is 0.0390. The number of rotatable bonds is 4. The fraction of sp³-hybridized carbons (Fsp3) is 0.500. The molecular weight excluding hydrogens is 258 g/mol. The first kappa shape index (κ1) is 12.9. The van der Waals surface area contributed by atoms with Crippen LogP contribution >= 0.6 is 0 Å². The second-order valence-corrected chi connectivity index (χ2v) is 5.55. The molecule has 1 amide bonds. The van der Waals surface area contributed by atoms with Crippen LogP contribution in [0.15, 0.2) is 18.2 Å². The molecule has 1 saturated carbocycles. The Kier molecular flexibility index (Phi) is 3.08. The van der Waals surface area contributed by atoms with E-state index in [4.69, 9.17) is 0 Å². The Morgan fingerprint density at radius 2 is 2.15 bits per heavy atom. The first-order valence-corrected chi connectivity index (χ1v) is 6.86. The highest BCUT2D eigenvalue weighted by atomic mass is 16.6. The predicted octanol–water partition coefficient (Wildman–Crippen LogP) is 2.08.